The van der Waals surface area contributed by atoms with Crippen molar-refractivity contribution in [3.8, 4) is 0 Å². The van der Waals surface area contributed by atoms with Gasteiger partial charge in [0.15, 0.2) is 23.3 Å². The highest BCUT2D eigenvalue weighted by atomic mass is 35.5. The maximum atomic E-state index is 13.5. The van der Waals surface area contributed by atoms with Crippen LogP contribution in [0.1, 0.15) is 10.4 Å². The number of nitrogens with zero attached hydrogens (tertiary/aromatic N) is 1. The van der Waals surface area contributed by atoms with Gasteiger partial charge in [-0.05, 0) is 6.07 Å². The fraction of sp³-hybridized carbons (Fsp3) is 0. The highest BCUT2D eigenvalue weighted by molar-refractivity contribution is 6.33. The van der Waals surface area contributed by atoms with Crippen molar-refractivity contribution in [1.82, 2.24) is 4.98 Å². The fourth-order valence-electron chi connectivity index (χ4n) is 1.45. The zero-order valence-corrected chi connectivity index (χ0v) is 10.7. The molecule has 0 unspecified atom stereocenters. The quantitative estimate of drug-likeness (QED) is 0.668. The van der Waals surface area contributed by atoms with E-state index in [-0.39, 0.29) is 22.5 Å². The Bertz CT molecular complexity index is 713. The average molecular weight is 321 g/mol. The highest BCUT2D eigenvalue weighted by Gasteiger charge is 2.20. The van der Waals surface area contributed by atoms with Crippen LogP contribution in [0.4, 0.5) is 29.1 Å². The van der Waals surface area contributed by atoms with Gasteiger partial charge in [-0.1, -0.05) is 11.6 Å². The number of anilines is 2. The molecule has 0 aliphatic carbocycles. The topological polar surface area (TPSA) is 62.2 Å². The summed E-state index contributed by atoms with van der Waals surface area (Å²) in [6, 6.07) is 1.02. The summed E-state index contributed by atoms with van der Waals surface area (Å²) in [5.41, 5.74) is -1.39. The molecule has 1 aromatic carbocycles. The number of benzene rings is 1. The molecule has 110 valence electrons. The summed E-state index contributed by atoms with van der Waals surface area (Å²) in [6.45, 7) is 0. The van der Waals surface area contributed by atoms with Crippen molar-refractivity contribution in [2.45, 2.75) is 0 Å². The number of hydrogen-bond donors (Lipinski definition) is 2. The minimum atomic E-state index is -1.66. The lowest BCUT2D eigenvalue weighted by molar-refractivity contribution is 0.0696. The number of aromatic nitrogens is 1. The number of nitrogens with one attached hydrogen (secondary N) is 1. The molecule has 0 spiro atoms. The number of hydrogen-bond acceptors (Lipinski definition) is 3. The Morgan fingerprint density at radius 1 is 1.14 bits per heavy atom. The molecule has 0 aliphatic heterocycles. The molecule has 0 bridgehead atoms. The van der Waals surface area contributed by atoms with Crippen LogP contribution in [0.15, 0.2) is 18.3 Å². The van der Waals surface area contributed by atoms with Gasteiger partial charge in [-0.3, -0.25) is 0 Å². The van der Waals surface area contributed by atoms with E-state index in [0.717, 1.165) is 12.3 Å². The Labute approximate surface area is 120 Å². The molecule has 0 radical (unpaired) electrons. The van der Waals surface area contributed by atoms with Crippen molar-refractivity contribution in [2.24, 2.45) is 0 Å². The average Bonchev–Trinajstić information content (AvgIpc) is 2.42. The lowest BCUT2D eigenvalue weighted by atomic mass is 10.2. The molecular formula is C12H5ClF4N2O2. The van der Waals surface area contributed by atoms with Gasteiger partial charge in [0.2, 0.25) is 0 Å². The molecule has 0 fully saturated rings. The Kier molecular flexibility index (Phi) is 3.99. The third kappa shape index (κ3) is 2.89. The first kappa shape index (κ1) is 15.0. The summed E-state index contributed by atoms with van der Waals surface area (Å²) in [5, 5.41) is 10.4. The first-order valence-corrected chi connectivity index (χ1v) is 5.68. The van der Waals surface area contributed by atoms with Crippen LogP contribution in [-0.4, -0.2) is 16.1 Å². The van der Waals surface area contributed by atoms with E-state index in [4.69, 9.17) is 16.7 Å². The summed E-state index contributed by atoms with van der Waals surface area (Å²) in [4.78, 5) is 14.2. The Morgan fingerprint density at radius 3 is 2.19 bits per heavy atom. The van der Waals surface area contributed by atoms with E-state index in [1.807, 2.05) is 5.32 Å². The van der Waals surface area contributed by atoms with Crippen LogP contribution in [0.3, 0.4) is 0 Å². The SMILES string of the molecule is O=C(O)c1cnc(Nc2c(F)c(F)cc(F)c2F)c(Cl)c1. The van der Waals surface area contributed by atoms with Crippen LogP contribution in [0, 0.1) is 23.3 Å². The van der Waals surface area contributed by atoms with E-state index in [1.54, 1.807) is 0 Å². The first-order valence-electron chi connectivity index (χ1n) is 5.30. The van der Waals surface area contributed by atoms with Gasteiger partial charge in [-0.25, -0.2) is 27.3 Å². The van der Waals surface area contributed by atoms with Gasteiger partial charge in [-0.15, -0.1) is 0 Å². The van der Waals surface area contributed by atoms with Crippen LogP contribution in [0.25, 0.3) is 0 Å². The molecule has 2 rings (SSSR count). The van der Waals surface area contributed by atoms with Gasteiger partial charge in [0.25, 0.3) is 0 Å². The van der Waals surface area contributed by atoms with Gasteiger partial charge in [-0.2, -0.15) is 0 Å². The zero-order valence-electron chi connectivity index (χ0n) is 9.92. The third-order valence-electron chi connectivity index (χ3n) is 2.44. The van der Waals surface area contributed by atoms with E-state index >= 15 is 0 Å². The predicted octanol–water partition coefficient (Wildman–Crippen LogP) is 3.73. The molecular weight excluding hydrogens is 316 g/mol. The summed E-state index contributed by atoms with van der Waals surface area (Å²) in [7, 11) is 0. The smallest absolute Gasteiger partial charge is 0.337 e. The number of halogens is 5. The molecule has 1 aromatic heterocycles. The maximum Gasteiger partial charge on any atom is 0.337 e. The molecule has 4 nitrogen and oxygen atoms in total. The second-order valence-corrected chi connectivity index (χ2v) is 4.23. The minimum absolute atomic E-state index is 0.0540. The maximum absolute atomic E-state index is 13.5. The van der Waals surface area contributed by atoms with Crippen molar-refractivity contribution in [3.05, 3.63) is 52.2 Å². The second-order valence-electron chi connectivity index (χ2n) is 3.83. The lowest BCUT2D eigenvalue weighted by Gasteiger charge is -2.10. The number of carbonyl (C=O) groups is 1. The van der Waals surface area contributed by atoms with Crippen LogP contribution < -0.4 is 5.32 Å². The molecule has 0 saturated heterocycles. The van der Waals surface area contributed by atoms with E-state index in [0.29, 0.717) is 0 Å². The number of carboxylic acid groups (broad SMARTS) is 1. The summed E-state index contributed by atoms with van der Waals surface area (Å²) in [6.07, 6.45) is 0.863. The van der Waals surface area contributed by atoms with Gasteiger partial charge in [0.05, 0.1) is 10.6 Å². The number of carboxylic acids is 1. The van der Waals surface area contributed by atoms with Crippen LogP contribution >= 0.6 is 11.6 Å². The first-order chi connectivity index (χ1) is 9.81. The van der Waals surface area contributed by atoms with Crippen molar-refractivity contribution in [1.29, 1.82) is 0 Å². The third-order valence-corrected chi connectivity index (χ3v) is 2.73. The summed E-state index contributed by atoms with van der Waals surface area (Å²) in [5.74, 6) is -8.19. The lowest BCUT2D eigenvalue weighted by Crippen LogP contribution is -2.05. The molecule has 9 heteroatoms. The molecule has 0 saturated carbocycles. The Morgan fingerprint density at radius 2 is 1.71 bits per heavy atom. The van der Waals surface area contributed by atoms with Crippen LogP contribution in [-0.2, 0) is 0 Å². The molecule has 1 heterocycles. The molecule has 0 aliphatic rings. The predicted molar refractivity (Wildman–Crippen MR) is 65.8 cm³/mol. The Balaban J connectivity index is 2.46. The summed E-state index contributed by atoms with van der Waals surface area (Å²) >= 11 is 5.69. The van der Waals surface area contributed by atoms with E-state index < -0.39 is 34.9 Å². The van der Waals surface area contributed by atoms with Crippen LogP contribution in [0.2, 0.25) is 5.02 Å². The van der Waals surface area contributed by atoms with Crippen molar-refractivity contribution in [3.63, 3.8) is 0 Å². The highest BCUT2D eigenvalue weighted by Crippen LogP contribution is 2.29. The molecule has 2 N–H and O–H groups in total. The fourth-order valence-corrected chi connectivity index (χ4v) is 1.66. The molecule has 21 heavy (non-hydrogen) atoms. The van der Waals surface area contributed by atoms with Crippen LogP contribution in [0.5, 0.6) is 0 Å². The summed E-state index contributed by atoms with van der Waals surface area (Å²) < 4.78 is 53.0. The number of pyridine rings is 1. The molecule has 2 aromatic rings. The van der Waals surface area contributed by atoms with Gasteiger partial charge in [0, 0.05) is 12.3 Å². The standard InChI is InChI=1S/C12H5ClF4N2O2/c13-5-1-4(12(20)21)3-18-11(5)19-10-8(16)6(14)2-7(15)9(10)17/h1-3H,(H,18,19)(H,20,21). The van der Waals surface area contributed by atoms with Gasteiger partial charge < -0.3 is 10.4 Å². The van der Waals surface area contributed by atoms with E-state index in [1.165, 1.54) is 0 Å². The second kappa shape index (κ2) is 5.57. The van der Waals surface area contributed by atoms with Crippen molar-refractivity contribution < 1.29 is 27.5 Å². The number of rotatable bonds is 3. The van der Waals surface area contributed by atoms with Gasteiger partial charge >= 0.3 is 5.97 Å². The minimum Gasteiger partial charge on any atom is -0.478 e. The van der Waals surface area contributed by atoms with Gasteiger partial charge in [0.1, 0.15) is 11.5 Å². The largest absolute Gasteiger partial charge is 0.478 e. The normalized spacial score (nSPS) is 10.5. The van der Waals surface area contributed by atoms with Crippen molar-refractivity contribution >= 4 is 29.1 Å². The Hall–Kier alpha value is -2.35. The zero-order chi connectivity index (χ0) is 15.7. The molecule has 0 atom stereocenters. The van der Waals surface area contributed by atoms with E-state index in [2.05, 4.69) is 4.98 Å². The number of aromatic carboxylic acids is 1. The van der Waals surface area contributed by atoms with E-state index in [9.17, 15) is 22.4 Å². The molecule has 0 amide bonds. The van der Waals surface area contributed by atoms with Crippen molar-refractivity contribution in [2.75, 3.05) is 5.32 Å². The monoisotopic (exact) mass is 320 g/mol.